The molecule has 0 amide bonds. The van der Waals surface area contributed by atoms with E-state index in [0.717, 1.165) is 40.7 Å². The number of nitrogen functional groups attached to an aromatic ring is 1. The number of nitrogens with zero attached hydrogens (tertiary/aromatic N) is 3. The summed E-state index contributed by atoms with van der Waals surface area (Å²) >= 11 is 0. The molecule has 6 nitrogen and oxygen atoms in total. The summed E-state index contributed by atoms with van der Waals surface area (Å²) < 4.78 is 3.79. The van der Waals surface area contributed by atoms with Gasteiger partial charge in [-0.25, -0.2) is 9.78 Å². The molecule has 0 spiro atoms. The van der Waals surface area contributed by atoms with Gasteiger partial charge >= 0.3 is 5.69 Å². The van der Waals surface area contributed by atoms with Crippen molar-refractivity contribution >= 4 is 27.8 Å². The van der Waals surface area contributed by atoms with Crippen molar-refractivity contribution in [2.75, 3.05) is 5.73 Å². The van der Waals surface area contributed by atoms with Crippen LogP contribution < -0.4 is 11.4 Å². The van der Waals surface area contributed by atoms with Crippen LogP contribution in [0.4, 0.5) is 5.69 Å². The van der Waals surface area contributed by atoms with E-state index in [1.165, 1.54) is 0 Å². The maximum atomic E-state index is 13.5. The van der Waals surface area contributed by atoms with Crippen molar-refractivity contribution in [3.05, 3.63) is 58.8 Å². The Morgan fingerprint density at radius 2 is 1.69 bits per heavy atom. The summed E-state index contributed by atoms with van der Waals surface area (Å²) in [7, 11) is 0. The average molecular weight is 392 g/mol. The molecule has 2 aromatic heterocycles. The molecule has 0 radical (unpaired) electrons. The second kappa shape index (κ2) is 7.43. The molecule has 2 aromatic carbocycles. The van der Waals surface area contributed by atoms with Gasteiger partial charge in [0.25, 0.3) is 0 Å². The molecular formula is C23H29N5O. The smallest absolute Gasteiger partial charge is 0.330 e. The van der Waals surface area contributed by atoms with Crippen LogP contribution in [0.2, 0.25) is 0 Å². The summed E-state index contributed by atoms with van der Waals surface area (Å²) in [6, 6.07) is 13.6. The average Bonchev–Trinajstić information content (AvgIpc) is 3.20. The first-order chi connectivity index (χ1) is 13.9. The lowest BCUT2D eigenvalue weighted by atomic mass is 10.0. The Labute approximate surface area is 170 Å². The molecule has 3 N–H and O–H groups in total. The van der Waals surface area contributed by atoms with Crippen molar-refractivity contribution in [1.82, 2.24) is 19.1 Å². The predicted octanol–water partition coefficient (Wildman–Crippen LogP) is 4.87. The largest absolute Gasteiger partial charge is 0.399 e. The predicted molar refractivity (Wildman–Crippen MR) is 119 cm³/mol. The van der Waals surface area contributed by atoms with E-state index in [-0.39, 0.29) is 17.8 Å². The molecule has 0 aliphatic rings. The minimum atomic E-state index is -0.163. The second-order valence-corrected chi connectivity index (χ2v) is 8.49. The van der Waals surface area contributed by atoms with Gasteiger partial charge in [-0.2, -0.15) is 0 Å². The molecule has 0 saturated heterocycles. The molecule has 0 bridgehead atoms. The van der Waals surface area contributed by atoms with Crippen molar-refractivity contribution in [1.29, 1.82) is 0 Å². The van der Waals surface area contributed by atoms with Crippen LogP contribution in [0.5, 0.6) is 0 Å². The second-order valence-electron chi connectivity index (χ2n) is 8.49. The first kappa shape index (κ1) is 19.3. The van der Waals surface area contributed by atoms with Crippen molar-refractivity contribution in [3.63, 3.8) is 0 Å². The molecule has 0 aliphatic heterocycles. The van der Waals surface area contributed by atoms with Gasteiger partial charge in [-0.3, -0.25) is 9.13 Å². The van der Waals surface area contributed by atoms with Crippen molar-refractivity contribution in [2.45, 2.75) is 52.6 Å². The molecular weight excluding hydrogens is 362 g/mol. The Morgan fingerprint density at radius 3 is 2.34 bits per heavy atom. The van der Waals surface area contributed by atoms with Crippen LogP contribution in [0.25, 0.3) is 22.1 Å². The summed E-state index contributed by atoms with van der Waals surface area (Å²) in [5.74, 6) is 1.34. The van der Waals surface area contributed by atoms with E-state index in [4.69, 9.17) is 10.7 Å². The Balaban J connectivity index is 1.94. The van der Waals surface area contributed by atoms with Crippen molar-refractivity contribution in [3.8, 4) is 0 Å². The van der Waals surface area contributed by atoms with E-state index in [1.54, 1.807) is 0 Å². The quantitative estimate of drug-likeness (QED) is 0.460. The zero-order valence-electron chi connectivity index (χ0n) is 17.5. The van der Waals surface area contributed by atoms with Gasteiger partial charge in [-0.15, -0.1) is 0 Å². The minimum Gasteiger partial charge on any atom is -0.399 e. The molecule has 4 aromatic rings. The number of para-hydroxylation sites is 2. The number of anilines is 1. The summed E-state index contributed by atoms with van der Waals surface area (Å²) in [5, 5.41) is 0. The van der Waals surface area contributed by atoms with Crippen LogP contribution in [0, 0.1) is 5.92 Å². The van der Waals surface area contributed by atoms with Crippen molar-refractivity contribution in [2.24, 2.45) is 5.92 Å². The van der Waals surface area contributed by atoms with Gasteiger partial charge in [-0.05, 0) is 62.9 Å². The van der Waals surface area contributed by atoms with Gasteiger partial charge in [0.05, 0.1) is 28.1 Å². The fourth-order valence-corrected chi connectivity index (χ4v) is 4.08. The number of H-pyrrole nitrogens is 1. The third-order valence-corrected chi connectivity index (χ3v) is 5.50. The number of fused-ring (bicyclic) bond motifs is 2. The van der Waals surface area contributed by atoms with Gasteiger partial charge < -0.3 is 10.7 Å². The SMILES string of the molecule is CC(C)CCC(c1nc2ccc(N)cc2[nH]1)n1c(=O)n(C(C)C)c2ccccc21. The van der Waals surface area contributed by atoms with Gasteiger partial charge in [0.1, 0.15) is 5.82 Å². The topological polar surface area (TPSA) is 81.6 Å². The lowest BCUT2D eigenvalue weighted by molar-refractivity contribution is 0.438. The maximum absolute atomic E-state index is 13.5. The highest BCUT2D eigenvalue weighted by atomic mass is 16.1. The fraction of sp³-hybridized carbons (Fsp3) is 0.391. The molecule has 29 heavy (non-hydrogen) atoms. The monoisotopic (exact) mass is 391 g/mol. The number of rotatable bonds is 6. The van der Waals surface area contributed by atoms with Crippen LogP contribution in [0.1, 0.15) is 58.4 Å². The summed E-state index contributed by atoms with van der Waals surface area (Å²) in [4.78, 5) is 21.8. The molecule has 1 atom stereocenters. The molecule has 1 unspecified atom stereocenters. The van der Waals surface area contributed by atoms with E-state index in [0.29, 0.717) is 11.6 Å². The van der Waals surface area contributed by atoms with Gasteiger partial charge in [0.15, 0.2) is 0 Å². The van der Waals surface area contributed by atoms with E-state index in [1.807, 2.05) is 65.4 Å². The summed E-state index contributed by atoms with van der Waals surface area (Å²) in [5.41, 5.74) is 10.3. The van der Waals surface area contributed by atoms with Gasteiger partial charge in [-0.1, -0.05) is 26.0 Å². The Hall–Kier alpha value is -3.02. The highest BCUT2D eigenvalue weighted by Gasteiger charge is 2.25. The molecule has 152 valence electrons. The highest BCUT2D eigenvalue weighted by Crippen LogP contribution is 2.29. The highest BCUT2D eigenvalue weighted by molar-refractivity contribution is 5.79. The maximum Gasteiger partial charge on any atom is 0.330 e. The lowest BCUT2D eigenvalue weighted by Crippen LogP contribution is -2.29. The van der Waals surface area contributed by atoms with E-state index < -0.39 is 0 Å². The number of benzene rings is 2. The minimum absolute atomic E-state index is 0.00919. The Morgan fingerprint density at radius 1 is 1.00 bits per heavy atom. The van der Waals surface area contributed by atoms with Crippen LogP contribution in [-0.4, -0.2) is 19.1 Å². The Bertz CT molecular complexity index is 1210. The lowest BCUT2D eigenvalue weighted by Gasteiger charge is -2.18. The van der Waals surface area contributed by atoms with Crippen LogP contribution in [0.15, 0.2) is 47.3 Å². The van der Waals surface area contributed by atoms with Gasteiger partial charge in [0.2, 0.25) is 0 Å². The Kier molecular flexibility index (Phi) is 4.94. The van der Waals surface area contributed by atoms with E-state index in [2.05, 4.69) is 18.8 Å². The number of hydrogen-bond donors (Lipinski definition) is 2. The van der Waals surface area contributed by atoms with Crippen LogP contribution in [-0.2, 0) is 0 Å². The van der Waals surface area contributed by atoms with Crippen molar-refractivity contribution < 1.29 is 0 Å². The first-order valence-electron chi connectivity index (χ1n) is 10.3. The van der Waals surface area contributed by atoms with Crippen LogP contribution in [0.3, 0.4) is 0 Å². The standard InChI is InChI=1S/C23H29N5O/c1-14(2)9-12-21(22-25-17-11-10-16(24)13-18(17)26-22)28-20-8-6-5-7-19(20)27(15(3)4)23(28)29/h5-8,10-11,13-15,21H,9,12,24H2,1-4H3,(H,25,26). The summed E-state index contributed by atoms with van der Waals surface area (Å²) in [6.45, 7) is 8.50. The number of aromatic nitrogens is 4. The van der Waals surface area contributed by atoms with E-state index >= 15 is 0 Å². The third kappa shape index (κ3) is 3.43. The molecule has 6 heteroatoms. The zero-order valence-corrected chi connectivity index (χ0v) is 17.5. The molecule has 0 aliphatic carbocycles. The summed E-state index contributed by atoms with van der Waals surface area (Å²) in [6.07, 6.45) is 1.83. The van der Waals surface area contributed by atoms with E-state index in [9.17, 15) is 4.79 Å². The molecule has 4 rings (SSSR count). The molecule has 0 fully saturated rings. The number of aromatic amines is 1. The molecule has 0 saturated carbocycles. The van der Waals surface area contributed by atoms with Crippen LogP contribution >= 0.6 is 0 Å². The zero-order chi connectivity index (χ0) is 20.7. The van der Waals surface area contributed by atoms with Gasteiger partial charge in [0, 0.05) is 11.7 Å². The number of nitrogens with one attached hydrogen (secondary N) is 1. The number of hydrogen-bond acceptors (Lipinski definition) is 3. The number of nitrogens with two attached hydrogens (primary N) is 1. The molecule has 2 heterocycles. The fourth-order valence-electron chi connectivity index (χ4n) is 4.08. The first-order valence-corrected chi connectivity index (χ1v) is 10.3. The third-order valence-electron chi connectivity index (χ3n) is 5.50. The number of imidazole rings is 2. The normalized spacial score (nSPS) is 13.2.